The first-order chi connectivity index (χ1) is 7.31. The van der Waals surface area contributed by atoms with Crippen molar-refractivity contribution in [3.8, 4) is 11.5 Å². The molecular formula is C13H20O2. The molecule has 84 valence electrons. The molecule has 0 aliphatic carbocycles. The minimum absolute atomic E-state index is 0.674. The van der Waals surface area contributed by atoms with E-state index in [-0.39, 0.29) is 0 Å². The zero-order chi connectivity index (χ0) is 11.1. The molecule has 1 aromatic rings. The van der Waals surface area contributed by atoms with Gasteiger partial charge in [-0.3, -0.25) is 0 Å². The van der Waals surface area contributed by atoms with E-state index in [1.165, 1.54) is 5.56 Å². The highest BCUT2D eigenvalue weighted by Gasteiger charge is 2.05. The summed E-state index contributed by atoms with van der Waals surface area (Å²) in [6, 6.07) is 6.19. The monoisotopic (exact) mass is 208 g/mol. The van der Waals surface area contributed by atoms with E-state index < -0.39 is 0 Å². The SMILES string of the molecule is CCCc1ccc(OCC)c(OCC)c1. The molecule has 0 unspecified atom stereocenters. The third-order valence-electron chi connectivity index (χ3n) is 2.15. The van der Waals surface area contributed by atoms with Gasteiger partial charge in [0.15, 0.2) is 11.5 Å². The van der Waals surface area contributed by atoms with Gasteiger partial charge in [0.1, 0.15) is 0 Å². The maximum atomic E-state index is 5.55. The van der Waals surface area contributed by atoms with Gasteiger partial charge in [0.2, 0.25) is 0 Å². The molecule has 1 rings (SSSR count). The second kappa shape index (κ2) is 6.33. The van der Waals surface area contributed by atoms with Gasteiger partial charge in [0.25, 0.3) is 0 Å². The second-order valence-corrected chi connectivity index (χ2v) is 3.40. The lowest BCUT2D eigenvalue weighted by molar-refractivity contribution is 0.287. The van der Waals surface area contributed by atoms with Crippen LogP contribution < -0.4 is 9.47 Å². The van der Waals surface area contributed by atoms with Crippen LogP contribution in [0.1, 0.15) is 32.8 Å². The van der Waals surface area contributed by atoms with Gasteiger partial charge in [0.05, 0.1) is 13.2 Å². The number of hydrogen-bond donors (Lipinski definition) is 0. The molecule has 15 heavy (non-hydrogen) atoms. The van der Waals surface area contributed by atoms with E-state index in [9.17, 15) is 0 Å². The molecule has 0 aliphatic rings. The third kappa shape index (κ3) is 3.46. The van der Waals surface area contributed by atoms with Crippen molar-refractivity contribution in [1.29, 1.82) is 0 Å². The standard InChI is InChI=1S/C13H20O2/c1-4-7-11-8-9-12(14-5-2)13(10-11)15-6-3/h8-10H,4-7H2,1-3H3. The van der Waals surface area contributed by atoms with Crippen molar-refractivity contribution in [1.82, 2.24) is 0 Å². The average Bonchev–Trinajstić information content (AvgIpc) is 2.23. The highest BCUT2D eigenvalue weighted by molar-refractivity contribution is 5.43. The number of rotatable bonds is 6. The van der Waals surface area contributed by atoms with Crippen LogP contribution in [0.25, 0.3) is 0 Å². The highest BCUT2D eigenvalue weighted by atomic mass is 16.5. The largest absolute Gasteiger partial charge is 0.490 e. The first-order valence-electron chi connectivity index (χ1n) is 5.70. The molecule has 0 amide bonds. The van der Waals surface area contributed by atoms with Crippen molar-refractivity contribution in [3.05, 3.63) is 23.8 Å². The summed E-state index contributed by atoms with van der Waals surface area (Å²) in [4.78, 5) is 0. The Morgan fingerprint density at radius 2 is 1.60 bits per heavy atom. The predicted octanol–water partition coefficient (Wildman–Crippen LogP) is 3.44. The Kier molecular flexibility index (Phi) is 5.02. The van der Waals surface area contributed by atoms with E-state index in [0.717, 1.165) is 24.3 Å². The number of benzene rings is 1. The summed E-state index contributed by atoms with van der Waals surface area (Å²) in [5.41, 5.74) is 1.31. The van der Waals surface area contributed by atoms with Crippen LogP contribution in [0.15, 0.2) is 18.2 Å². The van der Waals surface area contributed by atoms with Crippen LogP contribution >= 0.6 is 0 Å². The van der Waals surface area contributed by atoms with Gasteiger partial charge in [-0.25, -0.2) is 0 Å². The van der Waals surface area contributed by atoms with Gasteiger partial charge >= 0.3 is 0 Å². The molecular weight excluding hydrogens is 188 g/mol. The summed E-state index contributed by atoms with van der Waals surface area (Å²) < 4.78 is 11.0. The van der Waals surface area contributed by atoms with Gasteiger partial charge < -0.3 is 9.47 Å². The summed E-state index contributed by atoms with van der Waals surface area (Å²) >= 11 is 0. The molecule has 0 saturated carbocycles. The first-order valence-corrected chi connectivity index (χ1v) is 5.70. The Balaban J connectivity index is 2.87. The van der Waals surface area contributed by atoms with Crippen LogP contribution in [0.2, 0.25) is 0 Å². The van der Waals surface area contributed by atoms with Gasteiger partial charge in [-0.1, -0.05) is 19.4 Å². The smallest absolute Gasteiger partial charge is 0.161 e. The van der Waals surface area contributed by atoms with Gasteiger partial charge in [-0.15, -0.1) is 0 Å². The molecule has 0 N–H and O–H groups in total. The zero-order valence-electron chi connectivity index (χ0n) is 9.88. The van der Waals surface area contributed by atoms with E-state index in [0.29, 0.717) is 13.2 Å². The summed E-state index contributed by atoms with van der Waals surface area (Å²) in [6.45, 7) is 7.50. The van der Waals surface area contributed by atoms with Crippen molar-refractivity contribution in [3.63, 3.8) is 0 Å². The third-order valence-corrected chi connectivity index (χ3v) is 2.15. The van der Waals surface area contributed by atoms with Crippen molar-refractivity contribution in [2.75, 3.05) is 13.2 Å². The Labute approximate surface area is 92.2 Å². The molecule has 0 aliphatic heterocycles. The minimum atomic E-state index is 0.674. The molecule has 0 radical (unpaired) electrons. The number of hydrogen-bond acceptors (Lipinski definition) is 2. The van der Waals surface area contributed by atoms with E-state index >= 15 is 0 Å². The maximum absolute atomic E-state index is 5.55. The van der Waals surface area contributed by atoms with Crippen LogP contribution in [-0.2, 0) is 6.42 Å². The second-order valence-electron chi connectivity index (χ2n) is 3.40. The Morgan fingerprint density at radius 1 is 0.933 bits per heavy atom. The maximum Gasteiger partial charge on any atom is 0.161 e. The van der Waals surface area contributed by atoms with Gasteiger partial charge in [-0.2, -0.15) is 0 Å². The molecule has 0 heterocycles. The van der Waals surface area contributed by atoms with E-state index in [2.05, 4.69) is 19.1 Å². The lowest BCUT2D eigenvalue weighted by Gasteiger charge is -2.12. The minimum Gasteiger partial charge on any atom is -0.490 e. The molecule has 0 saturated heterocycles. The van der Waals surface area contributed by atoms with Gasteiger partial charge in [0, 0.05) is 0 Å². The molecule has 0 atom stereocenters. The molecule has 2 heteroatoms. The van der Waals surface area contributed by atoms with E-state index in [1.807, 2.05) is 19.9 Å². The first kappa shape index (κ1) is 11.9. The Bertz CT molecular complexity index is 295. The molecule has 0 aromatic heterocycles. The van der Waals surface area contributed by atoms with Crippen molar-refractivity contribution in [2.45, 2.75) is 33.6 Å². The number of aryl methyl sites for hydroxylation is 1. The highest BCUT2D eigenvalue weighted by Crippen LogP contribution is 2.28. The topological polar surface area (TPSA) is 18.5 Å². The Hall–Kier alpha value is -1.18. The van der Waals surface area contributed by atoms with E-state index in [4.69, 9.17) is 9.47 Å². The Morgan fingerprint density at radius 3 is 2.20 bits per heavy atom. The van der Waals surface area contributed by atoms with Crippen LogP contribution in [0.3, 0.4) is 0 Å². The van der Waals surface area contributed by atoms with Crippen LogP contribution in [-0.4, -0.2) is 13.2 Å². The van der Waals surface area contributed by atoms with Crippen LogP contribution in [0.5, 0.6) is 11.5 Å². The van der Waals surface area contributed by atoms with Crippen LogP contribution in [0, 0.1) is 0 Å². The molecule has 1 aromatic carbocycles. The summed E-state index contributed by atoms with van der Waals surface area (Å²) in [7, 11) is 0. The molecule has 0 bridgehead atoms. The quantitative estimate of drug-likeness (QED) is 0.713. The summed E-state index contributed by atoms with van der Waals surface area (Å²) in [5, 5.41) is 0. The fourth-order valence-corrected chi connectivity index (χ4v) is 1.54. The van der Waals surface area contributed by atoms with E-state index in [1.54, 1.807) is 0 Å². The van der Waals surface area contributed by atoms with Gasteiger partial charge in [-0.05, 0) is 38.0 Å². The van der Waals surface area contributed by atoms with Crippen molar-refractivity contribution in [2.24, 2.45) is 0 Å². The van der Waals surface area contributed by atoms with Crippen molar-refractivity contribution >= 4 is 0 Å². The summed E-state index contributed by atoms with van der Waals surface area (Å²) in [5.74, 6) is 1.71. The van der Waals surface area contributed by atoms with Crippen molar-refractivity contribution < 1.29 is 9.47 Å². The lowest BCUT2D eigenvalue weighted by atomic mass is 10.1. The summed E-state index contributed by atoms with van der Waals surface area (Å²) in [6.07, 6.45) is 2.24. The lowest BCUT2D eigenvalue weighted by Crippen LogP contribution is -1.99. The average molecular weight is 208 g/mol. The zero-order valence-corrected chi connectivity index (χ0v) is 9.88. The molecule has 0 fully saturated rings. The molecule has 2 nitrogen and oxygen atoms in total. The predicted molar refractivity (Wildman–Crippen MR) is 62.8 cm³/mol. The normalized spacial score (nSPS) is 10.1. The molecule has 0 spiro atoms. The fraction of sp³-hybridized carbons (Fsp3) is 0.538. The number of ether oxygens (including phenoxy) is 2. The fourth-order valence-electron chi connectivity index (χ4n) is 1.54. The van der Waals surface area contributed by atoms with Crippen LogP contribution in [0.4, 0.5) is 0 Å².